The van der Waals surface area contributed by atoms with Crippen molar-refractivity contribution < 1.29 is 23.1 Å². The molecule has 2 aromatic heterocycles. The summed E-state index contributed by atoms with van der Waals surface area (Å²) in [5, 5.41) is 2.45. The first-order chi connectivity index (χ1) is 17.8. The van der Waals surface area contributed by atoms with Gasteiger partial charge in [-0.15, -0.1) is 11.3 Å². The molecule has 1 unspecified atom stereocenters. The molecule has 0 aliphatic heterocycles. The molecular formula is C27H26F2N4O3S. The molecule has 4 aromatic rings. The molecule has 0 fully saturated rings. The second-order valence-electron chi connectivity index (χ2n) is 8.55. The normalized spacial score (nSPS) is 11.9. The van der Waals surface area contributed by atoms with E-state index in [2.05, 4.69) is 15.3 Å². The van der Waals surface area contributed by atoms with Crippen LogP contribution in [0, 0.1) is 10.9 Å². The number of carbonyl (C=O) groups is 2. The molecule has 2 aromatic carbocycles. The van der Waals surface area contributed by atoms with E-state index in [4.69, 9.17) is 4.74 Å². The SMILES string of the molecule is COC(C(=O)N(CC(=O)Nc1nc(-c2ccc(F)s2)[nH]c1-c1ccccc1)C(C)C)c1ccc(F)cc1. The number of benzene rings is 2. The molecule has 1 atom stereocenters. The van der Waals surface area contributed by atoms with Gasteiger partial charge in [0.05, 0.1) is 10.6 Å². The maximum absolute atomic E-state index is 13.6. The number of hydrogen-bond donors (Lipinski definition) is 2. The largest absolute Gasteiger partial charge is 0.367 e. The number of ether oxygens (including phenoxy) is 1. The third-order valence-corrected chi connectivity index (χ3v) is 6.56. The van der Waals surface area contributed by atoms with Crippen LogP contribution in [0.15, 0.2) is 66.7 Å². The lowest BCUT2D eigenvalue weighted by Crippen LogP contribution is -2.45. The van der Waals surface area contributed by atoms with Gasteiger partial charge in [-0.1, -0.05) is 42.5 Å². The highest BCUT2D eigenvalue weighted by atomic mass is 32.1. The van der Waals surface area contributed by atoms with Crippen molar-refractivity contribution in [1.82, 2.24) is 14.9 Å². The van der Waals surface area contributed by atoms with E-state index in [1.165, 1.54) is 42.3 Å². The molecule has 192 valence electrons. The van der Waals surface area contributed by atoms with Crippen molar-refractivity contribution in [3.8, 4) is 22.0 Å². The van der Waals surface area contributed by atoms with Crippen molar-refractivity contribution in [2.24, 2.45) is 0 Å². The van der Waals surface area contributed by atoms with Gasteiger partial charge in [-0.2, -0.15) is 4.39 Å². The average Bonchev–Trinajstić information content (AvgIpc) is 3.50. The van der Waals surface area contributed by atoms with Gasteiger partial charge < -0.3 is 19.9 Å². The Morgan fingerprint density at radius 3 is 2.35 bits per heavy atom. The molecule has 0 aliphatic rings. The quantitative estimate of drug-likeness (QED) is 0.296. The van der Waals surface area contributed by atoms with Crippen molar-refractivity contribution in [2.45, 2.75) is 26.0 Å². The van der Waals surface area contributed by atoms with Crippen molar-refractivity contribution in [3.05, 3.63) is 83.2 Å². The minimum atomic E-state index is -0.999. The summed E-state index contributed by atoms with van der Waals surface area (Å²) >= 11 is 0.936. The van der Waals surface area contributed by atoms with Gasteiger partial charge in [0, 0.05) is 18.7 Å². The number of H-pyrrole nitrogens is 1. The van der Waals surface area contributed by atoms with E-state index in [0.29, 0.717) is 22.0 Å². The Hall–Kier alpha value is -3.89. The predicted molar refractivity (Wildman–Crippen MR) is 139 cm³/mol. The first-order valence-corrected chi connectivity index (χ1v) is 12.4. The lowest BCUT2D eigenvalue weighted by molar-refractivity contribution is -0.146. The molecule has 0 bridgehead atoms. The highest BCUT2D eigenvalue weighted by molar-refractivity contribution is 7.13. The number of hydrogen-bond acceptors (Lipinski definition) is 5. The van der Waals surface area contributed by atoms with E-state index in [0.717, 1.165) is 16.9 Å². The van der Waals surface area contributed by atoms with Crippen LogP contribution in [0.2, 0.25) is 0 Å². The number of amides is 2. The fourth-order valence-corrected chi connectivity index (χ4v) is 4.52. The number of carbonyl (C=O) groups excluding carboxylic acids is 2. The second kappa shape index (κ2) is 11.4. The van der Waals surface area contributed by atoms with E-state index in [9.17, 15) is 18.4 Å². The fourth-order valence-electron chi connectivity index (χ4n) is 3.84. The van der Waals surface area contributed by atoms with Gasteiger partial charge in [0.15, 0.2) is 22.9 Å². The van der Waals surface area contributed by atoms with E-state index in [1.54, 1.807) is 19.9 Å². The summed E-state index contributed by atoms with van der Waals surface area (Å²) in [6.45, 7) is 3.31. The number of thiophene rings is 1. The maximum Gasteiger partial charge on any atom is 0.257 e. The van der Waals surface area contributed by atoms with Crippen LogP contribution in [0.4, 0.5) is 14.6 Å². The zero-order valence-corrected chi connectivity index (χ0v) is 21.3. The van der Waals surface area contributed by atoms with Crippen molar-refractivity contribution in [3.63, 3.8) is 0 Å². The Bertz CT molecular complexity index is 1370. The van der Waals surface area contributed by atoms with Crippen LogP contribution in [0.1, 0.15) is 25.5 Å². The van der Waals surface area contributed by atoms with Crippen LogP contribution in [0.3, 0.4) is 0 Å². The Morgan fingerprint density at radius 2 is 1.76 bits per heavy atom. The van der Waals surface area contributed by atoms with Gasteiger partial charge in [0.25, 0.3) is 5.91 Å². The highest BCUT2D eigenvalue weighted by Crippen LogP contribution is 2.32. The number of rotatable bonds is 9. The molecule has 2 N–H and O–H groups in total. The molecule has 4 rings (SSSR count). The fraction of sp³-hybridized carbons (Fsp3) is 0.222. The summed E-state index contributed by atoms with van der Waals surface area (Å²) in [5.74, 6) is -0.652. The molecule has 2 amide bonds. The summed E-state index contributed by atoms with van der Waals surface area (Å²) in [6.07, 6.45) is -0.999. The standard InChI is InChI=1S/C27H26F2N4O3S/c1-16(2)33(27(35)24(36-3)18-9-11-19(28)12-10-18)15-22(34)30-26-23(17-7-5-4-6-8-17)31-25(32-26)20-13-14-21(29)37-20/h4-14,16,24H,15H2,1-3H3,(H,30,34)(H,31,32). The predicted octanol–water partition coefficient (Wildman–Crippen LogP) is 5.65. The number of imidazole rings is 1. The minimum Gasteiger partial charge on any atom is -0.367 e. The van der Waals surface area contributed by atoms with Crippen molar-refractivity contribution >= 4 is 29.0 Å². The molecule has 7 nitrogen and oxygen atoms in total. The zero-order valence-electron chi connectivity index (χ0n) is 20.5. The first-order valence-electron chi connectivity index (χ1n) is 11.6. The smallest absolute Gasteiger partial charge is 0.257 e. The minimum absolute atomic E-state index is 0.262. The number of aromatic amines is 1. The number of nitrogens with zero attached hydrogens (tertiary/aromatic N) is 2. The molecule has 0 aliphatic carbocycles. The van der Waals surface area contributed by atoms with Crippen LogP contribution in [-0.2, 0) is 14.3 Å². The molecule has 0 saturated carbocycles. The molecule has 0 spiro atoms. The number of aromatic nitrogens is 2. The molecule has 10 heteroatoms. The summed E-state index contributed by atoms with van der Waals surface area (Å²) in [5.41, 5.74) is 1.81. The van der Waals surface area contributed by atoms with Gasteiger partial charge >= 0.3 is 0 Å². The Kier molecular flexibility index (Phi) is 8.10. The maximum atomic E-state index is 13.6. The molecule has 0 radical (unpaired) electrons. The molecular weight excluding hydrogens is 498 g/mol. The summed E-state index contributed by atoms with van der Waals surface area (Å²) in [7, 11) is 1.38. The van der Waals surface area contributed by atoms with Crippen molar-refractivity contribution in [2.75, 3.05) is 19.0 Å². The van der Waals surface area contributed by atoms with Gasteiger partial charge in [0.2, 0.25) is 5.91 Å². The van der Waals surface area contributed by atoms with Gasteiger partial charge in [-0.3, -0.25) is 9.59 Å². The summed E-state index contributed by atoms with van der Waals surface area (Å²) in [4.78, 5) is 36.1. The van der Waals surface area contributed by atoms with Crippen LogP contribution < -0.4 is 5.32 Å². The third kappa shape index (κ3) is 6.10. The van der Waals surface area contributed by atoms with E-state index >= 15 is 0 Å². The van der Waals surface area contributed by atoms with Crippen molar-refractivity contribution in [1.29, 1.82) is 0 Å². The van der Waals surface area contributed by atoms with Gasteiger partial charge in [0.1, 0.15) is 12.4 Å². The lowest BCUT2D eigenvalue weighted by Gasteiger charge is -2.29. The van der Waals surface area contributed by atoms with Crippen LogP contribution in [0.25, 0.3) is 22.0 Å². The average molecular weight is 525 g/mol. The van der Waals surface area contributed by atoms with Crippen LogP contribution in [-0.4, -0.2) is 46.4 Å². The Balaban J connectivity index is 1.58. The molecule has 0 saturated heterocycles. The van der Waals surface area contributed by atoms with Crippen LogP contribution >= 0.6 is 11.3 Å². The Labute approximate surface area is 217 Å². The third-order valence-electron chi connectivity index (χ3n) is 5.68. The van der Waals surface area contributed by atoms with E-state index in [1.807, 2.05) is 30.3 Å². The zero-order chi connectivity index (χ0) is 26.5. The van der Waals surface area contributed by atoms with E-state index in [-0.39, 0.29) is 23.5 Å². The number of methoxy groups -OCH3 is 1. The number of nitrogens with one attached hydrogen (secondary N) is 2. The molecule has 37 heavy (non-hydrogen) atoms. The number of anilines is 1. The highest BCUT2D eigenvalue weighted by Gasteiger charge is 2.29. The summed E-state index contributed by atoms with van der Waals surface area (Å²) in [6, 6.07) is 17.4. The van der Waals surface area contributed by atoms with E-state index < -0.39 is 23.7 Å². The van der Waals surface area contributed by atoms with Gasteiger partial charge in [-0.25, -0.2) is 9.37 Å². The lowest BCUT2D eigenvalue weighted by atomic mass is 10.1. The molecule has 2 heterocycles. The second-order valence-corrected chi connectivity index (χ2v) is 9.59. The monoisotopic (exact) mass is 524 g/mol. The summed E-state index contributed by atoms with van der Waals surface area (Å²) < 4.78 is 32.4. The number of halogens is 2. The topological polar surface area (TPSA) is 87.3 Å². The first kappa shape index (κ1) is 26.2. The Morgan fingerprint density at radius 1 is 1.05 bits per heavy atom. The van der Waals surface area contributed by atoms with Crippen LogP contribution in [0.5, 0.6) is 0 Å². The van der Waals surface area contributed by atoms with Gasteiger partial charge in [-0.05, 0) is 43.7 Å².